The Kier molecular flexibility index (Phi) is 5.36. The van der Waals surface area contributed by atoms with Crippen LogP contribution in [-0.2, 0) is 6.42 Å². The molecule has 5 nitrogen and oxygen atoms in total. The number of aromatic amines is 1. The molecule has 5 rings (SSSR count). The molecule has 0 saturated heterocycles. The van der Waals surface area contributed by atoms with Crippen molar-refractivity contribution in [2.45, 2.75) is 12.5 Å². The number of hydrogen-bond acceptors (Lipinski definition) is 3. The van der Waals surface area contributed by atoms with Crippen molar-refractivity contribution < 1.29 is 14.3 Å². The third-order valence-corrected chi connectivity index (χ3v) is 6.24. The molecule has 0 saturated carbocycles. The number of thiocarbonyl (C=S) groups is 1. The number of aromatic nitrogens is 1. The number of H-pyrrole nitrogens is 1. The molecule has 0 radical (unpaired) electrons. The SMILES string of the molecule is O=[NH+]c1ccc(C2c3[nH]c4ccc(Cl)cc4c3CCN2C(=S)Oc2ccc(F)cc2)cc1. The first-order valence-electron chi connectivity index (χ1n) is 10.1. The van der Waals surface area contributed by atoms with Crippen molar-refractivity contribution >= 4 is 45.6 Å². The number of hydrogen-bond donors (Lipinski definition) is 2. The average molecular weight is 467 g/mol. The molecule has 4 aromatic rings. The van der Waals surface area contributed by atoms with Crippen LogP contribution < -0.4 is 9.91 Å². The van der Waals surface area contributed by atoms with E-state index in [0.29, 0.717) is 23.0 Å². The van der Waals surface area contributed by atoms with Gasteiger partial charge in [0.1, 0.15) is 11.6 Å². The van der Waals surface area contributed by atoms with E-state index < -0.39 is 0 Å². The van der Waals surface area contributed by atoms with E-state index in [1.807, 2.05) is 40.4 Å². The van der Waals surface area contributed by atoms with Crippen LogP contribution in [-0.4, -0.2) is 21.6 Å². The van der Waals surface area contributed by atoms with Crippen molar-refractivity contribution in [3.05, 3.63) is 99.3 Å². The van der Waals surface area contributed by atoms with Crippen LogP contribution >= 0.6 is 23.8 Å². The second-order valence-electron chi connectivity index (χ2n) is 7.60. The van der Waals surface area contributed by atoms with E-state index in [0.717, 1.165) is 28.6 Å². The number of rotatable bonds is 3. The summed E-state index contributed by atoms with van der Waals surface area (Å²) in [5.74, 6) is 0.128. The molecule has 0 amide bonds. The third-order valence-electron chi connectivity index (χ3n) is 5.69. The first-order valence-corrected chi connectivity index (χ1v) is 10.8. The fourth-order valence-electron chi connectivity index (χ4n) is 4.20. The highest BCUT2D eigenvalue weighted by molar-refractivity contribution is 7.80. The summed E-state index contributed by atoms with van der Waals surface area (Å²) in [5.41, 5.74) is 4.60. The predicted octanol–water partition coefficient (Wildman–Crippen LogP) is 4.75. The highest BCUT2D eigenvalue weighted by Gasteiger charge is 2.34. The average Bonchev–Trinajstić information content (AvgIpc) is 3.18. The lowest BCUT2D eigenvalue weighted by Gasteiger charge is -2.37. The fourth-order valence-corrected chi connectivity index (χ4v) is 4.66. The lowest BCUT2D eigenvalue weighted by molar-refractivity contribution is -0.379. The van der Waals surface area contributed by atoms with E-state index in [9.17, 15) is 9.30 Å². The highest BCUT2D eigenvalue weighted by Crippen LogP contribution is 2.39. The number of benzene rings is 3. The van der Waals surface area contributed by atoms with Crippen LogP contribution in [0.4, 0.5) is 10.1 Å². The molecule has 0 aliphatic carbocycles. The van der Waals surface area contributed by atoms with Crippen LogP contribution in [0.25, 0.3) is 10.9 Å². The van der Waals surface area contributed by atoms with Crippen LogP contribution in [0, 0.1) is 10.7 Å². The Balaban J connectivity index is 1.58. The van der Waals surface area contributed by atoms with Gasteiger partial charge in [-0.3, -0.25) is 0 Å². The van der Waals surface area contributed by atoms with Gasteiger partial charge in [0.2, 0.25) is 0 Å². The van der Waals surface area contributed by atoms with Crippen LogP contribution in [0.3, 0.4) is 0 Å². The maximum absolute atomic E-state index is 13.3. The molecule has 1 aliphatic heterocycles. The van der Waals surface area contributed by atoms with E-state index in [4.69, 9.17) is 28.6 Å². The standard InChI is InChI=1S/C24H17ClFN3O2S/c25-15-3-10-21-20(13-15)19-11-12-29(24(32)31-18-8-4-16(26)5-9-18)23(22(19)27-21)14-1-6-17(28-30)7-2-14/h1-10,13,23,27H,11-12H2/p+1. The van der Waals surface area contributed by atoms with Crippen molar-refractivity contribution in [3.63, 3.8) is 0 Å². The van der Waals surface area contributed by atoms with Gasteiger partial charge in [-0.2, -0.15) is 0 Å². The maximum atomic E-state index is 13.3. The number of fused-ring (bicyclic) bond motifs is 3. The molecule has 2 N–H and O–H groups in total. The molecule has 3 aromatic carbocycles. The Morgan fingerprint density at radius 2 is 1.88 bits per heavy atom. The van der Waals surface area contributed by atoms with E-state index in [2.05, 4.69) is 4.98 Å². The van der Waals surface area contributed by atoms with Gasteiger partial charge in [0.25, 0.3) is 10.9 Å². The molecule has 1 aromatic heterocycles. The summed E-state index contributed by atoms with van der Waals surface area (Å²) in [6, 6.07) is 18.6. The third kappa shape index (κ3) is 3.74. The lowest BCUT2D eigenvalue weighted by atomic mass is 9.92. The van der Waals surface area contributed by atoms with Gasteiger partial charge >= 0.3 is 0 Å². The van der Waals surface area contributed by atoms with Crippen LogP contribution in [0.2, 0.25) is 5.02 Å². The summed E-state index contributed by atoms with van der Waals surface area (Å²) in [6.07, 6.45) is 0.749. The molecular formula is C24H18ClFN3O2S+. The smallest absolute Gasteiger partial charge is 0.265 e. The molecule has 1 atom stereocenters. The maximum Gasteiger partial charge on any atom is 0.265 e. The van der Waals surface area contributed by atoms with Crippen LogP contribution in [0.15, 0.2) is 66.7 Å². The van der Waals surface area contributed by atoms with E-state index in [-0.39, 0.29) is 17.0 Å². The van der Waals surface area contributed by atoms with E-state index >= 15 is 0 Å². The zero-order valence-corrected chi connectivity index (χ0v) is 18.3. The quantitative estimate of drug-likeness (QED) is 0.428. The van der Waals surface area contributed by atoms with E-state index in [1.165, 1.54) is 17.7 Å². The number of nitroso groups, excluding NO2 is 1. The minimum absolute atomic E-state index is 0.251. The van der Waals surface area contributed by atoms with Crippen LogP contribution in [0.5, 0.6) is 5.75 Å². The first-order chi connectivity index (χ1) is 15.5. The summed E-state index contributed by atoms with van der Waals surface area (Å²) in [7, 11) is 0. The Hall–Kier alpha value is -3.29. The minimum atomic E-state index is -0.340. The Labute approximate surface area is 193 Å². The molecule has 32 heavy (non-hydrogen) atoms. The van der Waals surface area contributed by atoms with Crippen molar-refractivity contribution in [3.8, 4) is 5.75 Å². The highest BCUT2D eigenvalue weighted by atomic mass is 35.5. The molecule has 1 aliphatic rings. The van der Waals surface area contributed by atoms with Gasteiger partial charge in [0, 0.05) is 50.4 Å². The van der Waals surface area contributed by atoms with Crippen molar-refractivity contribution in [2.24, 2.45) is 0 Å². The Morgan fingerprint density at radius 3 is 2.59 bits per heavy atom. The summed E-state index contributed by atoms with van der Waals surface area (Å²) < 4.78 is 19.2. The normalized spacial score (nSPS) is 15.4. The summed E-state index contributed by atoms with van der Waals surface area (Å²) >= 11 is 11.9. The van der Waals surface area contributed by atoms with Gasteiger partial charge in [-0.05, 0) is 84.4 Å². The molecule has 0 spiro atoms. The zero-order valence-electron chi connectivity index (χ0n) is 16.8. The number of halogens is 2. The molecule has 0 fully saturated rings. The van der Waals surface area contributed by atoms with Crippen molar-refractivity contribution in [1.82, 2.24) is 9.88 Å². The minimum Gasteiger partial charge on any atom is -0.432 e. The van der Waals surface area contributed by atoms with Gasteiger partial charge in [-0.25, -0.2) is 4.39 Å². The van der Waals surface area contributed by atoms with Gasteiger partial charge in [0.05, 0.1) is 6.04 Å². The van der Waals surface area contributed by atoms with Gasteiger partial charge < -0.3 is 14.6 Å². The summed E-state index contributed by atoms with van der Waals surface area (Å²) in [4.78, 5) is 16.6. The molecule has 160 valence electrons. The zero-order chi connectivity index (χ0) is 22.2. The van der Waals surface area contributed by atoms with Gasteiger partial charge in [-0.15, -0.1) is 0 Å². The molecule has 8 heteroatoms. The molecular weight excluding hydrogens is 449 g/mol. The topological polar surface area (TPSA) is 59.3 Å². The Bertz CT molecular complexity index is 1320. The second-order valence-corrected chi connectivity index (χ2v) is 8.38. The second kappa shape index (κ2) is 8.33. The van der Waals surface area contributed by atoms with Gasteiger partial charge in [-0.1, -0.05) is 11.6 Å². The molecule has 0 bridgehead atoms. The fraction of sp³-hybridized carbons (Fsp3) is 0.125. The number of nitrogens with zero attached hydrogens (tertiary/aromatic N) is 1. The number of nitrogens with one attached hydrogen (secondary N) is 2. The Morgan fingerprint density at radius 1 is 1.12 bits per heavy atom. The summed E-state index contributed by atoms with van der Waals surface area (Å²) in [5, 5.41) is 3.96. The number of ether oxygens (including phenoxy) is 1. The first kappa shape index (κ1) is 20.6. The van der Waals surface area contributed by atoms with Crippen molar-refractivity contribution in [2.75, 3.05) is 6.54 Å². The van der Waals surface area contributed by atoms with Crippen molar-refractivity contribution in [1.29, 1.82) is 0 Å². The largest absolute Gasteiger partial charge is 0.432 e. The summed E-state index contributed by atoms with van der Waals surface area (Å²) in [6.45, 7) is 0.624. The molecule has 1 unspecified atom stereocenters. The lowest BCUT2D eigenvalue weighted by Crippen LogP contribution is -2.55. The monoisotopic (exact) mass is 466 g/mol. The van der Waals surface area contributed by atoms with E-state index in [1.54, 1.807) is 24.3 Å². The molecule has 2 heterocycles. The van der Waals surface area contributed by atoms with Gasteiger partial charge in [0.15, 0.2) is 0 Å². The predicted molar refractivity (Wildman–Crippen MR) is 126 cm³/mol. The van der Waals surface area contributed by atoms with Crippen LogP contribution in [0.1, 0.15) is 22.9 Å².